The third-order valence-corrected chi connectivity index (χ3v) is 2.54. The average molecular weight is 258 g/mol. The molecule has 92 valence electrons. The van der Waals surface area contributed by atoms with Gasteiger partial charge in [0.1, 0.15) is 0 Å². The zero-order valence-electron chi connectivity index (χ0n) is 9.49. The molecule has 0 fully saturated rings. The van der Waals surface area contributed by atoms with Gasteiger partial charge in [-0.15, -0.1) is 0 Å². The van der Waals surface area contributed by atoms with Gasteiger partial charge >= 0.3 is 5.69 Å². The number of rotatable bonds is 4. The number of hydrogen-bond donors (Lipinski definition) is 1. The maximum Gasteiger partial charge on any atom is 0.316 e. The predicted molar refractivity (Wildman–Crippen MR) is 64.2 cm³/mol. The lowest BCUT2D eigenvalue weighted by molar-refractivity contribution is -0.384. The molecule has 0 aliphatic carbocycles. The van der Waals surface area contributed by atoms with Gasteiger partial charge in [0.05, 0.1) is 15.5 Å². The zero-order chi connectivity index (χ0) is 13.0. The van der Waals surface area contributed by atoms with Crippen molar-refractivity contribution in [3.05, 3.63) is 26.9 Å². The Kier molecular flexibility index (Phi) is 4.39. The molecule has 0 saturated heterocycles. The fraction of sp³-hybridized carbons (Fsp3) is 0.400. The Bertz CT molecular complexity index is 462. The van der Waals surface area contributed by atoms with Gasteiger partial charge in [-0.3, -0.25) is 14.9 Å². The van der Waals surface area contributed by atoms with Crippen molar-refractivity contribution >= 4 is 29.0 Å². The predicted octanol–water partition coefficient (Wildman–Crippen LogP) is 2.69. The molecule has 1 N–H and O–H groups in total. The first-order valence-corrected chi connectivity index (χ1v) is 5.44. The molecule has 1 aromatic heterocycles. The molecule has 0 aliphatic rings. The van der Waals surface area contributed by atoms with E-state index in [-0.39, 0.29) is 22.4 Å². The molecule has 0 radical (unpaired) electrons. The van der Waals surface area contributed by atoms with Crippen LogP contribution >= 0.6 is 11.6 Å². The molecule has 6 nitrogen and oxygen atoms in total. The number of aromatic nitrogens is 1. The van der Waals surface area contributed by atoms with Crippen LogP contribution in [0.25, 0.3) is 0 Å². The van der Waals surface area contributed by atoms with Gasteiger partial charge < -0.3 is 5.32 Å². The Morgan fingerprint density at radius 2 is 2.29 bits per heavy atom. The fourth-order valence-corrected chi connectivity index (χ4v) is 1.44. The van der Waals surface area contributed by atoms with Crippen molar-refractivity contribution in [1.29, 1.82) is 0 Å². The number of anilines is 1. The molecule has 0 aliphatic heterocycles. The molecule has 0 unspecified atom stereocenters. The molecule has 0 atom stereocenters. The van der Waals surface area contributed by atoms with Crippen molar-refractivity contribution in [2.45, 2.75) is 26.7 Å². The zero-order valence-corrected chi connectivity index (χ0v) is 10.2. The van der Waals surface area contributed by atoms with Crippen LogP contribution < -0.4 is 5.32 Å². The lowest BCUT2D eigenvalue weighted by Gasteiger charge is -2.06. The molecule has 0 bridgehead atoms. The van der Waals surface area contributed by atoms with E-state index in [1.807, 2.05) is 6.92 Å². The third kappa shape index (κ3) is 3.13. The summed E-state index contributed by atoms with van der Waals surface area (Å²) >= 11 is 5.75. The summed E-state index contributed by atoms with van der Waals surface area (Å²) < 4.78 is 0. The van der Waals surface area contributed by atoms with Gasteiger partial charge in [-0.1, -0.05) is 18.5 Å². The van der Waals surface area contributed by atoms with E-state index in [9.17, 15) is 14.9 Å². The summed E-state index contributed by atoms with van der Waals surface area (Å²) in [6.07, 6.45) is 2.23. The van der Waals surface area contributed by atoms with Crippen LogP contribution in [0.1, 0.15) is 25.3 Å². The lowest BCUT2D eigenvalue weighted by Crippen LogP contribution is -2.14. The van der Waals surface area contributed by atoms with Gasteiger partial charge in [-0.25, -0.2) is 4.98 Å². The average Bonchev–Trinajstić information content (AvgIpc) is 2.23. The van der Waals surface area contributed by atoms with E-state index >= 15 is 0 Å². The van der Waals surface area contributed by atoms with Gasteiger partial charge in [0.15, 0.2) is 0 Å². The topological polar surface area (TPSA) is 85.1 Å². The van der Waals surface area contributed by atoms with E-state index in [1.54, 1.807) is 0 Å². The molecular weight excluding hydrogens is 246 g/mol. The maximum atomic E-state index is 11.4. The first-order chi connectivity index (χ1) is 7.97. The van der Waals surface area contributed by atoms with E-state index in [0.29, 0.717) is 18.4 Å². The highest BCUT2D eigenvalue weighted by atomic mass is 35.5. The number of carbonyl (C=O) groups is 1. The highest BCUT2D eigenvalue weighted by Gasteiger charge is 2.22. The Morgan fingerprint density at radius 1 is 1.65 bits per heavy atom. The van der Waals surface area contributed by atoms with Crippen molar-refractivity contribution in [3.63, 3.8) is 0 Å². The Labute approximate surface area is 103 Å². The van der Waals surface area contributed by atoms with Crippen LogP contribution in [0.3, 0.4) is 0 Å². The molecule has 0 spiro atoms. The maximum absolute atomic E-state index is 11.4. The van der Waals surface area contributed by atoms with Crippen LogP contribution in [0.15, 0.2) is 6.20 Å². The van der Waals surface area contributed by atoms with Crippen molar-refractivity contribution in [2.75, 3.05) is 5.32 Å². The third-order valence-electron chi connectivity index (χ3n) is 2.16. The second kappa shape index (κ2) is 5.58. The molecule has 17 heavy (non-hydrogen) atoms. The van der Waals surface area contributed by atoms with Gasteiger partial charge in [-0.2, -0.15) is 0 Å². The van der Waals surface area contributed by atoms with E-state index in [2.05, 4.69) is 10.3 Å². The van der Waals surface area contributed by atoms with Crippen molar-refractivity contribution < 1.29 is 9.72 Å². The Balaban J connectivity index is 3.11. The highest BCUT2D eigenvalue weighted by molar-refractivity contribution is 6.31. The van der Waals surface area contributed by atoms with Crippen LogP contribution in [0.4, 0.5) is 11.5 Å². The lowest BCUT2D eigenvalue weighted by atomic mass is 10.2. The monoisotopic (exact) mass is 257 g/mol. The van der Waals surface area contributed by atoms with E-state index in [4.69, 9.17) is 11.6 Å². The highest BCUT2D eigenvalue weighted by Crippen LogP contribution is 2.30. The molecule has 0 aromatic carbocycles. The number of amides is 1. The number of pyridine rings is 1. The number of nitrogens with zero attached hydrogens (tertiary/aromatic N) is 2. The van der Waals surface area contributed by atoms with Gasteiger partial charge in [0.2, 0.25) is 11.7 Å². The first kappa shape index (κ1) is 13.4. The van der Waals surface area contributed by atoms with E-state index < -0.39 is 4.92 Å². The minimum Gasteiger partial charge on any atom is -0.305 e. The minimum atomic E-state index is -0.601. The van der Waals surface area contributed by atoms with Crippen LogP contribution in [0, 0.1) is 17.0 Å². The molecule has 1 amide bonds. The molecule has 1 heterocycles. The second-order valence-corrected chi connectivity index (χ2v) is 3.89. The van der Waals surface area contributed by atoms with Gasteiger partial charge in [-0.05, 0) is 13.3 Å². The number of carbonyl (C=O) groups excluding carboxylic acids is 1. The van der Waals surface area contributed by atoms with Crippen molar-refractivity contribution in [3.8, 4) is 0 Å². The molecule has 1 aromatic rings. The number of halogens is 1. The standard InChI is InChI=1S/C10H12ClN3O3/c1-3-4-8(15)13-10-9(14(16)17)6(2)7(11)5-12-10/h5H,3-4H2,1-2H3,(H,12,13,15). The summed E-state index contributed by atoms with van der Waals surface area (Å²) in [6.45, 7) is 3.35. The van der Waals surface area contributed by atoms with E-state index in [1.165, 1.54) is 13.1 Å². The molecule has 1 rings (SSSR count). The summed E-state index contributed by atoms with van der Waals surface area (Å²) in [7, 11) is 0. The largest absolute Gasteiger partial charge is 0.316 e. The summed E-state index contributed by atoms with van der Waals surface area (Å²) in [5, 5.41) is 13.5. The summed E-state index contributed by atoms with van der Waals surface area (Å²) in [5.41, 5.74) is 0.0282. The minimum absolute atomic E-state index is 0.0599. The van der Waals surface area contributed by atoms with Gasteiger partial charge in [0, 0.05) is 12.6 Å². The number of hydrogen-bond acceptors (Lipinski definition) is 4. The van der Waals surface area contributed by atoms with Gasteiger partial charge in [0.25, 0.3) is 0 Å². The number of nitrogens with one attached hydrogen (secondary N) is 1. The number of nitro groups is 1. The van der Waals surface area contributed by atoms with Crippen molar-refractivity contribution in [1.82, 2.24) is 4.98 Å². The van der Waals surface area contributed by atoms with Crippen LogP contribution in [0.2, 0.25) is 5.02 Å². The van der Waals surface area contributed by atoms with Crippen LogP contribution in [-0.2, 0) is 4.79 Å². The quantitative estimate of drug-likeness (QED) is 0.664. The Hall–Kier alpha value is -1.69. The summed E-state index contributed by atoms with van der Waals surface area (Å²) in [6, 6.07) is 0. The second-order valence-electron chi connectivity index (χ2n) is 3.48. The Morgan fingerprint density at radius 3 is 2.82 bits per heavy atom. The van der Waals surface area contributed by atoms with E-state index in [0.717, 1.165) is 0 Å². The van der Waals surface area contributed by atoms with Crippen molar-refractivity contribution in [2.24, 2.45) is 0 Å². The smallest absolute Gasteiger partial charge is 0.305 e. The molecule has 7 heteroatoms. The SMILES string of the molecule is CCCC(=O)Nc1ncc(Cl)c(C)c1[N+](=O)[O-]. The fourth-order valence-electron chi connectivity index (χ4n) is 1.31. The summed E-state index contributed by atoms with van der Waals surface area (Å²) in [5.74, 6) is -0.361. The van der Waals surface area contributed by atoms with Crippen LogP contribution in [0.5, 0.6) is 0 Å². The van der Waals surface area contributed by atoms with Crippen LogP contribution in [-0.4, -0.2) is 15.8 Å². The molecular formula is C10H12ClN3O3. The summed E-state index contributed by atoms with van der Waals surface area (Å²) in [4.78, 5) is 25.4. The molecule has 0 saturated carbocycles. The first-order valence-electron chi connectivity index (χ1n) is 5.06. The normalized spacial score (nSPS) is 10.1.